The van der Waals surface area contributed by atoms with E-state index in [9.17, 15) is 8.78 Å². The summed E-state index contributed by atoms with van der Waals surface area (Å²) in [5, 5.41) is 7.08. The molecule has 6 heteroatoms. The van der Waals surface area contributed by atoms with Crippen molar-refractivity contribution < 1.29 is 17.6 Å². The minimum absolute atomic E-state index is 0.169. The Morgan fingerprint density at radius 1 is 0.268 bits per heavy atom. The summed E-state index contributed by atoms with van der Waals surface area (Å²) in [6.45, 7) is 1.88. The molecule has 0 saturated heterocycles. The number of halogens is 4. The number of hydrogen-bond donors (Lipinski definition) is 0. The van der Waals surface area contributed by atoms with E-state index in [2.05, 4.69) is 102 Å². The number of hydrogen-bond acceptors (Lipinski definition) is 2. The summed E-state index contributed by atoms with van der Waals surface area (Å²) in [5.74, 6) is -2.22. The van der Waals surface area contributed by atoms with E-state index in [1.165, 1.54) is 63.3 Å². The molecule has 2 heterocycles. The number of pyridine rings is 2. The number of aromatic nitrogens is 2. The van der Waals surface area contributed by atoms with Crippen LogP contribution in [0.3, 0.4) is 0 Å². The molecule has 0 unspecified atom stereocenters. The van der Waals surface area contributed by atoms with Crippen LogP contribution in [0.25, 0.3) is 122 Å². The van der Waals surface area contributed by atoms with Crippen LogP contribution in [0, 0.1) is 30.2 Å². The topological polar surface area (TPSA) is 25.8 Å². The van der Waals surface area contributed by atoms with Gasteiger partial charge in [0.2, 0.25) is 0 Å². The van der Waals surface area contributed by atoms with Crippen LogP contribution in [0.4, 0.5) is 17.6 Å². The van der Waals surface area contributed by atoms with Gasteiger partial charge in [-0.3, -0.25) is 9.97 Å². The lowest BCUT2D eigenvalue weighted by atomic mass is 9.85. The van der Waals surface area contributed by atoms with Crippen LogP contribution in [-0.4, -0.2) is 9.97 Å². The summed E-state index contributed by atoms with van der Waals surface area (Å²) in [6, 6.07) is 66.7. The Morgan fingerprint density at radius 2 is 0.803 bits per heavy atom. The minimum atomic E-state index is -0.719. The lowest BCUT2D eigenvalue weighted by Crippen LogP contribution is -1.96. The van der Waals surface area contributed by atoms with E-state index in [0.29, 0.717) is 33.5 Å². The summed E-state index contributed by atoms with van der Waals surface area (Å²) >= 11 is 0. The molecule has 0 bridgehead atoms. The predicted octanol–water partition coefficient (Wildman–Crippen LogP) is 18.1. The molecule has 0 atom stereocenters. The van der Waals surface area contributed by atoms with Gasteiger partial charge in [-0.15, -0.1) is 0 Å². The van der Waals surface area contributed by atoms with Crippen LogP contribution in [0.2, 0.25) is 0 Å². The fourth-order valence-corrected chi connectivity index (χ4v) is 10.2. The molecule has 12 rings (SSSR count). The number of fused-ring (bicyclic) bond motifs is 6. The molecule has 10 aromatic carbocycles. The number of benzene rings is 10. The van der Waals surface area contributed by atoms with E-state index < -0.39 is 17.5 Å². The highest BCUT2D eigenvalue weighted by molar-refractivity contribution is 6.26. The monoisotopic (exact) mass is 924 g/mol. The van der Waals surface area contributed by atoms with Crippen LogP contribution in [-0.2, 0) is 0 Å². The summed E-state index contributed by atoms with van der Waals surface area (Å²) < 4.78 is 59.5. The van der Waals surface area contributed by atoms with Crippen molar-refractivity contribution in [2.75, 3.05) is 0 Å². The summed E-state index contributed by atoms with van der Waals surface area (Å²) in [7, 11) is 0. The molecule has 338 valence electrons. The molecular weight excluding hydrogens is 885 g/mol. The van der Waals surface area contributed by atoms with Crippen LogP contribution >= 0.6 is 0 Å². The fourth-order valence-electron chi connectivity index (χ4n) is 10.2. The Bertz CT molecular complexity index is 4030. The van der Waals surface area contributed by atoms with Gasteiger partial charge < -0.3 is 0 Å². The average Bonchev–Trinajstić information content (AvgIpc) is 3.41. The van der Waals surface area contributed by atoms with Crippen molar-refractivity contribution in [1.29, 1.82) is 0 Å². The Morgan fingerprint density at radius 3 is 1.51 bits per heavy atom. The van der Waals surface area contributed by atoms with Gasteiger partial charge in [0.05, 0.1) is 11.4 Å². The second-order valence-corrected chi connectivity index (χ2v) is 17.9. The van der Waals surface area contributed by atoms with Gasteiger partial charge in [-0.2, -0.15) is 0 Å². The fraction of sp³-hybridized carbons (Fsp3) is 0.0154. The molecule has 0 N–H and O–H groups in total. The van der Waals surface area contributed by atoms with Crippen LogP contribution in [0.5, 0.6) is 0 Å². The maximum atomic E-state index is 15.7. The van der Waals surface area contributed by atoms with Crippen molar-refractivity contribution in [3.63, 3.8) is 0 Å². The van der Waals surface area contributed by atoms with E-state index in [-0.39, 0.29) is 11.4 Å². The third-order valence-electron chi connectivity index (χ3n) is 13.5. The van der Waals surface area contributed by atoms with Crippen molar-refractivity contribution in [3.05, 3.63) is 254 Å². The molecule has 0 amide bonds. The first-order valence-electron chi connectivity index (χ1n) is 23.4. The minimum Gasteiger partial charge on any atom is -0.256 e. The van der Waals surface area contributed by atoms with Gasteiger partial charge in [0, 0.05) is 40.7 Å². The Labute approximate surface area is 407 Å². The standard InChI is InChI=1S/C65H40F4N2/c1-39-28-65(57-27-24-48(68)35-63(57)69)71-37-61(39)56-26-23-47(67)34-58(56)45-30-43(41-14-11-15-46(66)32-41)29-44(31-45)49-16-5-6-17-50(49)62-38-70-64(40-12-3-2-4-13-40)36-59(62)42-22-25-55-53-20-8-7-18-51(53)52-19-9-10-21-54(52)60(55)33-42/h2-38H,1H3. The average molecular weight is 925 g/mol. The molecule has 0 aliphatic rings. The summed E-state index contributed by atoms with van der Waals surface area (Å²) in [4.78, 5) is 9.73. The van der Waals surface area contributed by atoms with Gasteiger partial charge in [-0.25, -0.2) is 17.6 Å². The Hall–Kier alpha value is -9.00. The van der Waals surface area contributed by atoms with E-state index in [4.69, 9.17) is 4.98 Å². The zero-order valence-corrected chi connectivity index (χ0v) is 38.3. The van der Waals surface area contributed by atoms with Crippen LogP contribution in [0.15, 0.2) is 225 Å². The van der Waals surface area contributed by atoms with E-state index in [0.717, 1.165) is 67.2 Å². The molecule has 0 aliphatic heterocycles. The van der Waals surface area contributed by atoms with Gasteiger partial charge in [0.1, 0.15) is 23.3 Å². The molecule has 0 spiro atoms. The third-order valence-corrected chi connectivity index (χ3v) is 13.5. The summed E-state index contributed by atoms with van der Waals surface area (Å²) in [5.41, 5.74) is 12.7. The molecule has 0 radical (unpaired) electrons. The second kappa shape index (κ2) is 17.8. The van der Waals surface area contributed by atoms with E-state index >= 15 is 8.78 Å². The normalized spacial score (nSPS) is 11.5. The molecule has 2 nitrogen and oxygen atoms in total. The van der Waals surface area contributed by atoms with Crippen molar-refractivity contribution in [2.24, 2.45) is 0 Å². The van der Waals surface area contributed by atoms with Crippen LogP contribution < -0.4 is 0 Å². The summed E-state index contributed by atoms with van der Waals surface area (Å²) in [6.07, 6.45) is 3.60. The maximum absolute atomic E-state index is 15.7. The zero-order chi connectivity index (χ0) is 48.2. The Balaban J connectivity index is 1.06. The van der Waals surface area contributed by atoms with E-state index in [1.54, 1.807) is 24.4 Å². The number of nitrogens with zero attached hydrogens (tertiary/aromatic N) is 2. The van der Waals surface area contributed by atoms with E-state index in [1.807, 2.05) is 67.7 Å². The highest BCUT2D eigenvalue weighted by Gasteiger charge is 2.21. The van der Waals surface area contributed by atoms with Gasteiger partial charge in [-0.1, -0.05) is 133 Å². The largest absolute Gasteiger partial charge is 0.256 e. The van der Waals surface area contributed by atoms with Crippen molar-refractivity contribution in [2.45, 2.75) is 6.92 Å². The number of rotatable bonds is 8. The molecule has 0 fully saturated rings. The Kier molecular flexibility index (Phi) is 10.9. The van der Waals surface area contributed by atoms with Gasteiger partial charge in [0.25, 0.3) is 0 Å². The first kappa shape index (κ1) is 43.3. The first-order chi connectivity index (χ1) is 34.7. The van der Waals surface area contributed by atoms with Crippen molar-refractivity contribution in [3.8, 4) is 89.3 Å². The highest BCUT2D eigenvalue weighted by Crippen LogP contribution is 2.45. The molecule has 71 heavy (non-hydrogen) atoms. The highest BCUT2D eigenvalue weighted by atomic mass is 19.1. The smallest absolute Gasteiger partial charge is 0.135 e. The number of aryl methyl sites for hydroxylation is 1. The first-order valence-corrected chi connectivity index (χ1v) is 23.4. The van der Waals surface area contributed by atoms with Gasteiger partial charge in [-0.05, 0) is 173 Å². The van der Waals surface area contributed by atoms with Gasteiger partial charge >= 0.3 is 0 Å². The molecule has 0 aliphatic carbocycles. The molecule has 2 aromatic heterocycles. The SMILES string of the molecule is Cc1cc(-c2ccc(F)cc2F)ncc1-c1ccc(F)cc1-c1cc(-c2cccc(F)c2)cc(-c2ccccc2-c2cnc(-c3ccccc3)cc2-c2ccc3c4ccccc4c4ccccc4c3c2)c1. The lowest BCUT2D eigenvalue weighted by molar-refractivity contribution is 0.585. The van der Waals surface area contributed by atoms with Crippen LogP contribution in [0.1, 0.15) is 5.56 Å². The van der Waals surface area contributed by atoms with Crippen molar-refractivity contribution in [1.82, 2.24) is 9.97 Å². The lowest BCUT2D eigenvalue weighted by Gasteiger charge is -2.19. The molecule has 12 aromatic rings. The molecular formula is C65H40F4N2. The zero-order valence-electron chi connectivity index (χ0n) is 38.3. The quantitative estimate of drug-likeness (QED) is 0.112. The second-order valence-electron chi connectivity index (χ2n) is 17.9. The molecule has 0 saturated carbocycles. The van der Waals surface area contributed by atoms with Gasteiger partial charge in [0.15, 0.2) is 0 Å². The third kappa shape index (κ3) is 7.99. The predicted molar refractivity (Wildman–Crippen MR) is 283 cm³/mol. The maximum Gasteiger partial charge on any atom is 0.135 e. The van der Waals surface area contributed by atoms with Crippen molar-refractivity contribution >= 4 is 32.3 Å².